The number of carbonyl (C=O) groups excluding carboxylic acids is 1. The number of aromatic nitrogens is 2. The van der Waals surface area contributed by atoms with Crippen LogP contribution in [0.1, 0.15) is 57.4 Å². The SMILES string of the molecule is CC(C)(C)c1nc(C(C)(C)CC(=O)OCc2ccccc2)ns1. The largest absolute Gasteiger partial charge is 0.461 e. The zero-order valence-corrected chi connectivity index (χ0v) is 15.2. The minimum atomic E-state index is -0.437. The van der Waals surface area contributed by atoms with Crippen LogP contribution in [0.5, 0.6) is 0 Å². The molecule has 0 aliphatic heterocycles. The van der Waals surface area contributed by atoms with Crippen LogP contribution in [0, 0.1) is 0 Å². The standard InChI is InChI=1S/C18H24N2O2S/c1-17(2,3)16-19-15(20-23-16)18(4,5)11-14(21)22-12-13-9-7-6-8-10-13/h6-10H,11-12H2,1-5H3. The first kappa shape index (κ1) is 17.6. The van der Waals surface area contributed by atoms with Crippen molar-refractivity contribution < 1.29 is 9.53 Å². The molecule has 1 aromatic heterocycles. The molecular formula is C18H24N2O2S. The van der Waals surface area contributed by atoms with Gasteiger partial charge in [-0.3, -0.25) is 4.79 Å². The van der Waals surface area contributed by atoms with Gasteiger partial charge in [-0.25, -0.2) is 4.98 Å². The average Bonchev–Trinajstić information content (AvgIpc) is 2.96. The first-order chi connectivity index (χ1) is 10.7. The molecule has 124 valence electrons. The fourth-order valence-corrected chi connectivity index (χ4v) is 2.89. The van der Waals surface area contributed by atoms with Crippen molar-refractivity contribution in [2.24, 2.45) is 0 Å². The van der Waals surface area contributed by atoms with Gasteiger partial charge in [-0.05, 0) is 17.1 Å². The molecular weight excluding hydrogens is 308 g/mol. The van der Waals surface area contributed by atoms with Crippen molar-refractivity contribution in [3.63, 3.8) is 0 Å². The van der Waals surface area contributed by atoms with Crippen molar-refractivity contribution in [2.75, 3.05) is 0 Å². The third-order valence-corrected chi connectivity index (χ3v) is 4.64. The third-order valence-electron chi connectivity index (χ3n) is 3.50. The van der Waals surface area contributed by atoms with Gasteiger partial charge < -0.3 is 4.74 Å². The van der Waals surface area contributed by atoms with Gasteiger partial charge in [-0.1, -0.05) is 65.0 Å². The van der Waals surface area contributed by atoms with Crippen molar-refractivity contribution in [1.82, 2.24) is 9.36 Å². The van der Waals surface area contributed by atoms with Crippen molar-refractivity contribution in [2.45, 2.75) is 58.5 Å². The fraction of sp³-hybridized carbons (Fsp3) is 0.500. The van der Waals surface area contributed by atoms with Crippen LogP contribution in [0.15, 0.2) is 30.3 Å². The van der Waals surface area contributed by atoms with E-state index in [-0.39, 0.29) is 17.8 Å². The maximum absolute atomic E-state index is 12.1. The molecule has 2 rings (SSSR count). The highest BCUT2D eigenvalue weighted by Crippen LogP contribution is 2.30. The van der Waals surface area contributed by atoms with Gasteiger partial charge in [0.05, 0.1) is 6.42 Å². The molecule has 0 N–H and O–H groups in total. The van der Waals surface area contributed by atoms with Gasteiger partial charge in [0.1, 0.15) is 17.4 Å². The lowest BCUT2D eigenvalue weighted by atomic mass is 9.88. The number of nitrogens with zero attached hydrogens (tertiary/aromatic N) is 2. The van der Waals surface area contributed by atoms with Gasteiger partial charge in [-0.15, -0.1) is 0 Å². The summed E-state index contributed by atoms with van der Waals surface area (Å²) in [5.41, 5.74) is 0.522. The van der Waals surface area contributed by atoms with Gasteiger partial charge in [0, 0.05) is 10.8 Å². The summed E-state index contributed by atoms with van der Waals surface area (Å²) in [6.07, 6.45) is 0.264. The Morgan fingerprint density at radius 1 is 1.13 bits per heavy atom. The lowest BCUT2D eigenvalue weighted by molar-refractivity contribution is -0.146. The van der Waals surface area contributed by atoms with E-state index in [4.69, 9.17) is 4.74 Å². The van der Waals surface area contributed by atoms with E-state index in [1.807, 2.05) is 44.2 Å². The van der Waals surface area contributed by atoms with Crippen LogP contribution in [-0.2, 0) is 27.0 Å². The lowest BCUT2D eigenvalue weighted by Gasteiger charge is -2.20. The Bertz CT molecular complexity index is 657. The van der Waals surface area contributed by atoms with Crippen LogP contribution < -0.4 is 0 Å². The molecule has 0 unspecified atom stereocenters. The summed E-state index contributed by atoms with van der Waals surface area (Å²) in [6.45, 7) is 10.6. The van der Waals surface area contributed by atoms with Crippen LogP contribution in [0.2, 0.25) is 0 Å². The van der Waals surface area contributed by atoms with Crippen molar-refractivity contribution in [3.8, 4) is 0 Å². The molecule has 1 aromatic carbocycles. The number of rotatable bonds is 5. The van der Waals surface area contributed by atoms with Crippen LogP contribution in [-0.4, -0.2) is 15.3 Å². The second-order valence-corrected chi connectivity index (χ2v) is 8.13. The Morgan fingerprint density at radius 3 is 2.35 bits per heavy atom. The van der Waals surface area contributed by atoms with E-state index in [0.29, 0.717) is 12.4 Å². The second-order valence-electron chi connectivity index (χ2n) is 7.38. The number of hydrogen-bond donors (Lipinski definition) is 0. The van der Waals surface area contributed by atoms with E-state index < -0.39 is 5.41 Å². The zero-order valence-electron chi connectivity index (χ0n) is 14.4. The highest BCUT2D eigenvalue weighted by molar-refractivity contribution is 7.05. The minimum Gasteiger partial charge on any atom is -0.461 e. The minimum absolute atomic E-state index is 0.0280. The van der Waals surface area contributed by atoms with Gasteiger partial charge >= 0.3 is 5.97 Å². The molecule has 1 heterocycles. The Hall–Kier alpha value is -1.75. The highest BCUT2D eigenvalue weighted by Gasteiger charge is 2.31. The van der Waals surface area contributed by atoms with E-state index in [1.54, 1.807) is 0 Å². The van der Waals surface area contributed by atoms with E-state index in [0.717, 1.165) is 10.6 Å². The molecule has 0 radical (unpaired) electrons. The van der Waals surface area contributed by atoms with Crippen molar-refractivity contribution in [3.05, 3.63) is 46.7 Å². The molecule has 2 aromatic rings. The predicted molar refractivity (Wildman–Crippen MR) is 92.5 cm³/mol. The molecule has 0 bridgehead atoms. The molecule has 4 nitrogen and oxygen atoms in total. The van der Waals surface area contributed by atoms with E-state index in [9.17, 15) is 4.79 Å². The molecule has 5 heteroatoms. The van der Waals surface area contributed by atoms with E-state index >= 15 is 0 Å². The predicted octanol–water partition coefficient (Wildman–Crippen LogP) is 4.25. The number of ether oxygens (including phenoxy) is 1. The van der Waals surface area contributed by atoms with Gasteiger partial charge in [0.2, 0.25) is 0 Å². The molecule has 0 atom stereocenters. The summed E-state index contributed by atoms with van der Waals surface area (Å²) in [5, 5.41) is 0.984. The molecule has 23 heavy (non-hydrogen) atoms. The summed E-state index contributed by atoms with van der Waals surface area (Å²) < 4.78 is 9.82. The van der Waals surface area contributed by atoms with Crippen molar-refractivity contribution >= 4 is 17.5 Å². The van der Waals surface area contributed by atoms with E-state index in [1.165, 1.54) is 11.5 Å². The fourth-order valence-electron chi connectivity index (χ4n) is 2.03. The normalized spacial score (nSPS) is 12.2. The summed E-state index contributed by atoms with van der Waals surface area (Å²) in [6, 6.07) is 9.68. The quantitative estimate of drug-likeness (QED) is 0.768. The smallest absolute Gasteiger partial charge is 0.307 e. The van der Waals surface area contributed by atoms with Crippen LogP contribution in [0.4, 0.5) is 0 Å². The van der Waals surface area contributed by atoms with Gasteiger partial charge in [0.25, 0.3) is 0 Å². The summed E-state index contributed by atoms with van der Waals surface area (Å²) >= 11 is 1.41. The Labute approximate surface area is 142 Å². The second kappa shape index (κ2) is 6.79. The summed E-state index contributed by atoms with van der Waals surface area (Å²) in [7, 11) is 0. The summed E-state index contributed by atoms with van der Waals surface area (Å²) in [4.78, 5) is 16.8. The van der Waals surface area contributed by atoms with Crippen molar-refractivity contribution in [1.29, 1.82) is 0 Å². The molecule has 0 spiro atoms. The van der Waals surface area contributed by atoms with Crippen LogP contribution in [0.25, 0.3) is 0 Å². The Balaban J connectivity index is 1.97. The molecule has 0 amide bonds. The molecule has 0 aliphatic rings. The maximum Gasteiger partial charge on any atom is 0.307 e. The number of hydrogen-bond acceptors (Lipinski definition) is 5. The van der Waals surface area contributed by atoms with Crippen LogP contribution >= 0.6 is 11.5 Å². The average molecular weight is 332 g/mol. The first-order valence-corrected chi connectivity index (χ1v) is 8.50. The third kappa shape index (κ3) is 4.86. The maximum atomic E-state index is 12.1. The van der Waals surface area contributed by atoms with Gasteiger partial charge in [0.15, 0.2) is 0 Å². The molecule has 0 saturated carbocycles. The van der Waals surface area contributed by atoms with E-state index in [2.05, 4.69) is 30.1 Å². The molecule has 0 aliphatic carbocycles. The topological polar surface area (TPSA) is 52.1 Å². The monoisotopic (exact) mass is 332 g/mol. The molecule has 0 saturated heterocycles. The summed E-state index contributed by atoms with van der Waals surface area (Å²) in [5.74, 6) is 0.482. The van der Waals surface area contributed by atoms with Crippen LogP contribution in [0.3, 0.4) is 0 Å². The number of esters is 1. The Morgan fingerprint density at radius 2 is 1.78 bits per heavy atom. The Kier molecular flexibility index (Phi) is 5.19. The highest BCUT2D eigenvalue weighted by atomic mass is 32.1. The lowest BCUT2D eigenvalue weighted by Crippen LogP contribution is -2.25. The number of carbonyl (C=O) groups is 1. The first-order valence-electron chi connectivity index (χ1n) is 7.73. The zero-order chi connectivity index (χ0) is 17.1. The number of benzene rings is 1. The molecule has 0 fully saturated rings. The van der Waals surface area contributed by atoms with Gasteiger partial charge in [-0.2, -0.15) is 4.37 Å².